The van der Waals surface area contributed by atoms with E-state index in [1.807, 2.05) is 17.8 Å². The minimum atomic E-state index is -0.505. The molecule has 2 aromatic heterocycles. The van der Waals surface area contributed by atoms with Crippen molar-refractivity contribution in [1.82, 2.24) is 4.57 Å². The molecule has 2 nitrogen and oxygen atoms in total. The molecule has 0 N–H and O–H groups in total. The summed E-state index contributed by atoms with van der Waals surface area (Å²) in [6, 6.07) is 55.7. The number of aromatic nitrogens is 1. The fourth-order valence-electron chi connectivity index (χ4n) is 8.52. The Balaban J connectivity index is 1.32. The third-order valence-corrected chi connectivity index (χ3v) is 11.5. The summed E-state index contributed by atoms with van der Waals surface area (Å²) in [6.07, 6.45) is 0. The van der Waals surface area contributed by atoms with Gasteiger partial charge in [-0.3, -0.25) is 0 Å². The molecule has 3 heteroatoms. The van der Waals surface area contributed by atoms with E-state index in [-0.39, 0.29) is 0 Å². The summed E-state index contributed by atoms with van der Waals surface area (Å²) in [5.41, 5.74) is 12.8. The van der Waals surface area contributed by atoms with E-state index in [9.17, 15) is 0 Å². The first-order valence-corrected chi connectivity index (χ1v) is 16.6. The molecule has 7 aromatic carbocycles. The minimum Gasteiger partial charge on any atom is -0.455 e. The van der Waals surface area contributed by atoms with Gasteiger partial charge in [-0.25, -0.2) is 0 Å². The Bertz CT molecular complexity index is 2750. The largest absolute Gasteiger partial charge is 0.455 e. The van der Waals surface area contributed by atoms with Gasteiger partial charge in [0.2, 0.25) is 0 Å². The standard InChI is InChI=1S/C43H25NOS/c1-5-22-36-26(12-1)28-14-10-20-34-40(28)44(36)37-23-6-3-18-32(37)43(34)33-19-4-8-25-39(33)46-42-31(17-11-21-35(42)43)30-16-9-15-29-27-13-2-7-24-38(27)45-41(29)30/h1-25H. The van der Waals surface area contributed by atoms with E-state index in [0.717, 1.165) is 27.5 Å². The normalized spacial score (nSPS) is 16.3. The molecule has 4 heterocycles. The van der Waals surface area contributed by atoms with E-state index in [2.05, 4.69) is 150 Å². The molecule has 0 fully saturated rings. The van der Waals surface area contributed by atoms with Crippen LogP contribution in [0.15, 0.2) is 166 Å². The molecule has 46 heavy (non-hydrogen) atoms. The van der Waals surface area contributed by atoms with Gasteiger partial charge >= 0.3 is 0 Å². The first-order valence-electron chi connectivity index (χ1n) is 15.8. The first kappa shape index (κ1) is 24.8. The average molecular weight is 604 g/mol. The molecular formula is C43H25NOS. The Morgan fingerprint density at radius 3 is 2.09 bits per heavy atom. The maximum Gasteiger partial charge on any atom is 0.143 e. The fraction of sp³-hybridized carbons (Fsp3) is 0.0233. The number of hydrogen-bond acceptors (Lipinski definition) is 2. The van der Waals surface area contributed by atoms with Crippen LogP contribution in [0.5, 0.6) is 0 Å². The van der Waals surface area contributed by atoms with Crippen LogP contribution in [0.1, 0.15) is 22.3 Å². The van der Waals surface area contributed by atoms with Crippen molar-refractivity contribution in [2.75, 3.05) is 0 Å². The number of rotatable bonds is 1. The van der Waals surface area contributed by atoms with E-state index in [1.54, 1.807) is 0 Å². The second-order valence-electron chi connectivity index (χ2n) is 12.4. The number of benzene rings is 7. The van der Waals surface area contributed by atoms with E-state index in [0.29, 0.717) is 0 Å². The highest BCUT2D eigenvalue weighted by Gasteiger charge is 2.49. The summed E-state index contributed by atoms with van der Waals surface area (Å²) in [5.74, 6) is 0. The zero-order valence-electron chi connectivity index (χ0n) is 24.7. The van der Waals surface area contributed by atoms with Crippen molar-refractivity contribution in [1.29, 1.82) is 0 Å². The summed E-state index contributed by atoms with van der Waals surface area (Å²) >= 11 is 1.89. The van der Waals surface area contributed by atoms with Crippen molar-refractivity contribution in [2.24, 2.45) is 0 Å². The molecule has 1 atom stereocenters. The zero-order valence-corrected chi connectivity index (χ0v) is 25.5. The van der Waals surface area contributed by atoms with Crippen LogP contribution < -0.4 is 0 Å². The quantitative estimate of drug-likeness (QED) is 0.186. The highest BCUT2D eigenvalue weighted by atomic mass is 32.2. The van der Waals surface area contributed by atoms with Crippen LogP contribution in [-0.4, -0.2) is 4.57 Å². The molecule has 0 amide bonds. The molecule has 1 spiro atoms. The Kier molecular flexibility index (Phi) is 4.74. The van der Waals surface area contributed by atoms with Gasteiger partial charge in [0, 0.05) is 36.9 Å². The molecule has 0 saturated carbocycles. The van der Waals surface area contributed by atoms with E-state index in [4.69, 9.17) is 4.42 Å². The average Bonchev–Trinajstić information content (AvgIpc) is 3.67. The van der Waals surface area contributed by atoms with Crippen molar-refractivity contribution >= 4 is 55.5 Å². The topological polar surface area (TPSA) is 18.1 Å². The molecule has 9 aromatic rings. The van der Waals surface area contributed by atoms with E-state index < -0.39 is 5.41 Å². The first-order chi connectivity index (χ1) is 22.8. The second kappa shape index (κ2) is 8.81. The van der Waals surface area contributed by atoms with Gasteiger partial charge in [0.25, 0.3) is 0 Å². The van der Waals surface area contributed by atoms with E-state index >= 15 is 0 Å². The molecule has 2 aliphatic rings. The molecular weight excluding hydrogens is 579 g/mol. The minimum absolute atomic E-state index is 0.505. The van der Waals surface area contributed by atoms with Gasteiger partial charge in [0.15, 0.2) is 0 Å². The van der Waals surface area contributed by atoms with Crippen molar-refractivity contribution in [3.8, 4) is 16.8 Å². The number of para-hydroxylation sites is 5. The van der Waals surface area contributed by atoms with Gasteiger partial charge < -0.3 is 8.98 Å². The predicted octanol–water partition coefficient (Wildman–Crippen LogP) is 11.5. The van der Waals surface area contributed by atoms with Crippen molar-refractivity contribution < 1.29 is 4.42 Å². The predicted molar refractivity (Wildman–Crippen MR) is 189 cm³/mol. The van der Waals surface area contributed by atoms with Crippen LogP contribution in [-0.2, 0) is 5.41 Å². The number of furan rings is 1. The molecule has 0 radical (unpaired) electrons. The lowest BCUT2D eigenvalue weighted by Crippen LogP contribution is -2.37. The summed E-state index contributed by atoms with van der Waals surface area (Å²) in [7, 11) is 0. The SMILES string of the molecule is c1ccc2c(c1)Sc1c(-c3cccc4c3oc3ccccc34)cccc1C21c2ccccc2-n2c3ccccc3c3cccc1c32. The second-order valence-corrected chi connectivity index (χ2v) is 13.4. The number of nitrogens with zero attached hydrogens (tertiary/aromatic N) is 1. The summed E-state index contributed by atoms with van der Waals surface area (Å²) in [6.45, 7) is 0. The lowest BCUT2D eigenvalue weighted by atomic mass is 9.62. The van der Waals surface area contributed by atoms with Crippen molar-refractivity contribution in [3.63, 3.8) is 0 Å². The van der Waals surface area contributed by atoms with Crippen LogP contribution in [0.25, 0.3) is 60.6 Å². The van der Waals surface area contributed by atoms with Crippen LogP contribution in [0.3, 0.4) is 0 Å². The zero-order chi connectivity index (χ0) is 30.0. The lowest BCUT2D eigenvalue weighted by molar-refractivity contribution is 0.669. The Hall–Kier alpha value is -5.51. The van der Waals surface area contributed by atoms with Gasteiger partial charge in [0.1, 0.15) is 11.2 Å². The molecule has 0 saturated heterocycles. The summed E-state index contributed by atoms with van der Waals surface area (Å²) < 4.78 is 9.11. The summed E-state index contributed by atoms with van der Waals surface area (Å²) in [5, 5.41) is 4.89. The molecule has 0 bridgehead atoms. The van der Waals surface area contributed by atoms with Gasteiger partial charge in [-0.15, -0.1) is 0 Å². The van der Waals surface area contributed by atoms with Crippen LogP contribution in [0.2, 0.25) is 0 Å². The molecule has 2 aliphatic heterocycles. The molecule has 1 unspecified atom stereocenters. The third-order valence-electron chi connectivity index (χ3n) is 10.3. The number of hydrogen-bond donors (Lipinski definition) is 0. The van der Waals surface area contributed by atoms with Crippen LogP contribution in [0.4, 0.5) is 0 Å². The van der Waals surface area contributed by atoms with Gasteiger partial charge in [-0.2, -0.15) is 0 Å². The van der Waals surface area contributed by atoms with Gasteiger partial charge in [-0.05, 0) is 52.1 Å². The Morgan fingerprint density at radius 2 is 1.13 bits per heavy atom. The summed E-state index contributed by atoms with van der Waals surface area (Å²) in [4.78, 5) is 2.57. The van der Waals surface area contributed by atoms with Crippen molar-refractivity contribution in [2.45, 2.75) is 15.2 Å². The van der Waals surface area contributed by atoms with Crippen molar-refractivity contribution in [3.05, 3.63) is 174 Å². The maximum atomic E-state index is 6.61. The molecule has 0 aliphatic carbocycles. The van der Waals surface area contributed by atoms with E-state index in [1.165, 1.54) is 65.1 Å². The van der Waals surface area contributed by atoms with Gasteiger partial charge in [0.05, 0.1) is 22.1 Å². The Labute approximate surface area is 269 Å². The lowest BCUT2D eigenvalue weighted by Gasteiger charge is -2.45. The smallest absolute Gasteiger partial charge is 0.143 e. The Morgan fingerprint density at radius 1 is 0.478 bits per heavy atom. The third kappa shape index (κ3) is 2.90. The van der Waals surface area contributed by atoms with Crippen LogP contribution in [0, 0.1) is 0 Å². The highest BCUT2D eigenvalue weighted by molar-refractivity contribution is 7.99. The van der Waals surface area contributed by atoms with Gasteiger partial charge in [-0.1, -0.05) is 139 Å². The fourth-order valence-corrected chi connectivity index (χ4v) is 9.83. The highest BCUT2D eigenvalue weighted by Crippen LogP contribution is 2.61. The number of fused-ring (bicyclic) bond motifs is 14. The maximum absolute atomic E-state index is 6.61. The monoisotopic (exact) mass is 603 g/mol. The molecule has 214 valence electrons. The van der Waals surface area contributed by atoms with Crippen LogP contribution >= 0.6 is 11.8 Å². The molecule has 11 rings (SSSR count).